The van der Waals surface area contributed by atoms with Crippen molar-refractivity contribution < 1.29 is 4.79 Å². The van der Waals surface area contributed by atoms with Gasteiger partial charge < -0.3 is 14.5 Å². The van der Waals surface area contributed by atoms with E-state index in [1.807, 2.05) is 18.0 Å². The number of H-pyrrole nitrogens is 1. The molecule has 1 saturated heterocycles. The van der Waals surface area contributed by atoms with Crippen LogP contribution in [0.5, 0.6) is 0 Å². The minimum Gasteiger partial charge on any atom is -0.336 e. The number of aromatic nitrogens is 3. The Morgan fingerprint density at radius 3 is 2.88 bits per heavy atom. The number of aryl methyl sites for hydroxylation is 3. The molecule has 6 nitrogen and oxygen atoms in total. The molecule has 24 heavy (non-hydrogen) atoms. The van der Waals surface area contributed by atoms with Crippen LogP contribution in [0.25, 0.3) is 0 Å². The van der Waals surface area contributed by atoms with Crippen molar-refractivity contribution in [3.05, 3.63) is 52.0 Å². The van der Waals surface area contributed by atoms with Gasteiger partial charge in [0.05, 0.1) is 0 Å². The van der Waals surface area contributed by atoms with E-state index in [1.165, 1.54) is 6.07 Å². The fourth-order valence-corrected chi connectivity index (χ4v) is 3.47. The molecular formula is C18H24N4O2. The summed E-state index contributed by atoms with van der Waals surface area (Å²) in [7, 11) is 0. The predicted molar refractivity (Wildman–Crippen MR) is 92.1 cm³/mol. The van der Waals surface area contributed by atoms with Gasteiger partial charge in [0, 0.05) is 48.8 Å². The van der Waals surface area contributed by atoms with Gasteiger partial charge in [0.15, 0.2) is 0 Å². The number of likely N-dealkylation sites (tertiary alicyclic amines) is 1. The molecule has 1 amide bonds. The van der Waals surface area contributed by atoms with E-state index in [0.717, 1.165) is 44.6 Å². The SMILES string of the molecule is Cc1cc(C(=O)N2CCCCC2CCn2ccnc2C)cc(=O)[nH]1. The second kappa shape index (κ2) is 7.03. The Bertz CT molecular complexity index is 777. The molecule has 1 aliphatic rings. The molecule has 128 valence electrons. The van der Waals surface area contributed by atoms with Crippen molar-refractivity contribution in [3.63, 3.8) is 0 Å². The first-order chi connectivity index (χ1) is 11.5. The van der Waals surface area contributed by atoms with Crippen molar-refractivity contribution in [2.75, 3.05) is 6.54 Å². The molecule has 0 aliphatic carbocycles. The Balaban J connectivity index is 1.75. The van der Waals surface area contributed by atoms with Crippen LogP contribution in [0.1, 0.15) is 47.6 Å². The second-order valence-corrected chi connectivity index (χ2v) is 6.52. The third-order valence-corrected chi connectivity index (χ3v) is 4.74. The quantitative estimate of drug-likeness (QED) is 0.936. The Labute approximate surface area is 141 Å². The molecule has 2 aromatic heterocycles. The molecule has 0 aromatic carbocycles. The summed E-state index contributed by atoms with van der Waals surface area (Å²) in [5.41, 5.74) is 0.983. The molecule has 1 unspecified atom stereocenters. The van der Waals surface area contributed by atoms with Crippen LogP contribution in [-0.4, -0.2) is 37.9 Å². The lowest BCUT2D eigenvalue weighted by Gasteiger charge is -2.36. The number of carbonyl (C=O) groups excluding carboxylic acids is 1. The van der Waals surface area contributed by atoms with Gasteiger partial charge >= 0.3 is 0 Å². The minimum absolute atomic E-state index is 0.0312. The molecular weight excluding hydrogens is 304 g/mol. The van der Waals surface area contributed by atoms with Crippen molar-refractivity contribution in [3.8, 4) is 0 Å². The van der Waals surface area contributed by atoms with E-state index in [4.69, 9.17) is 0 Å². The fourth-order valence-electron chi connectivity index (χ4n) is 3.47. The first kappa shape index (κ1) is 16.5. The van der Waals surface area contributed by atoms with Crippen molar-refractivity contribution in [1.82, 2.24) is 19.4 Å². The average Bonchev–Trinajstić information content (AvgIpc) is 2.97. The number of rotatable bonds is 4. The number of hydrogen-bond acceptors (Lipinski definition) is 3. The molecule has 0 bridgehead atoms. The van der Waals surface area contributed by atoms with E-state index in [2.05, 4.69) is 14.5 Å². The molecule has 1 N–H and O–H groups in total. The highest BCUT2D eigenvalue weighted by Crippen LogP contribution is 2.22. The van der Waals surface area contributed by atoms with Gasteiger partial charge in [-0.1, -0.05) is 0 Å². The van der Waals surface area contributed by atoms with E-state index in [1.54, 1.807) is 19.2 Å². The van der Waals surface area contributed by atoms with Crippen molar-refractivity contribution >= 4 is 5.91 Å². The second-order valence-electron chi connectivity index (χ2n) is 6.52. The van der Waals surface area contributed by atoms with Crippen LogP contribution in [0, 0.1) is 13.8 Å². The van der Waals surface area contributed by atoms with Crippen LogP contribution in [0.15, 0.2) is 29.3 Å². The lowest BCUT2D eigenvalue weighted by atomic mass is 9.98. The molecule has 0 spiro atoms. The first-order valence-electron chi connectivity index (χ1n) is 8.54. The van der Waals surface area contributed by atoms with Crippen LogP contribution in [0.4, 0.5) is 0 Å². The van der Waals surface area contributed by atoms with Gasteiger partial charge in [0.1, 0.15) is 5.82 Å². The monoisotopic (exact) mass is 328 g/mol. The van der Waals surface area contributed by atoms with Gasteiger partial charge in [-0.2, -0.15) is 0 Å². The average molecular weight is 328 g/mol. The maximum absolute atomic E-state index is 12.9. The van der Waals surface area contributed by atoms with E-state index in [9.17, 15) is 9.59 Å². The Hall–Kier alpha value is -2.37. The Morgan fingerprint density at radius 1 is 1.33 bits per heavy atom. The van der Waals surface area contributed by atoms with Gasteiger partial charge in [0.25, 0.3) is 5.91 Å². The highest BCUT2D eigenvalue weighted by molar-refractivity contribution is 5.94. The van der Waals surface area contributed by atoms with Gasteiger partial charge in [-0.3, -0.25) is 9.59 Å². The molecule has 1 aliphatic heterocycles. The number of nitrogens with one attached hydrogen (secondary N) is 1. The van der Waals surface area contributed by atoms with Crippen LogP contribution >= 0.6 is 0 Å². The molecule has 1 atom stereocenters. The minimum atomic E-state index is -0.221. The van der Waals surface area contributed by atoms with Crippen LogP contribution < -0.4 is 5.56 Å². The van der Waals surface area contributed by atoms with Crippen molar-refractivity contribution in [2.45, 2.75) is 52.1 Å². The topological polar surface area (TPSA) is 71.0 Å². The standard InChI is InChI=1S/C18H24N4O2/c1-13-11-15(12-17(23)20-13)18(24)22-8-4-3-5-16(22)6-9-21-10-7-19-14(21)2/h7,10-12,16H,3-6,8-9H2,1-2H3,(H,20,23). The number of carbonyl (C=O) groups is 1. The molecule has 3 rings (SSSR count). The largest absolute Gasteiger partial charge is 0.336 e. The van der Waals surface area contributed by atoms with E-state index in [-0.39, 0.29) is 17.5 Å². The van der Waals surface area contributed by atoms with E-state index in [0.29, 0.717) is 11.3 Å². The molecule has 6 heteroatoms. The zero-order valence-corrected chi connectivity index (χ0v) is 14.3. The van der Waals surface area contributed by atoms with Crippen LogP contribution in [0.2, 0.25) is 0 Å². The first-order valence-corrected chi connectivity index (χ1v) is 8.54. The van der Waals surface area contributed by atoms with Crippen molar-refractivity contribution in [1.29, 1.82) is 0 Å². The fraction of sp³-hybridized carbons (Fsp3) is 0.500. The summed E-state index contributed by atoms with van der Waals surface area (Å²) in [5.74, 6) is 0.963. The van der Waals surface area contributed by atoms with Gasteiger partial charge in [-0.15, -0.1) is 0 Å². The molecule has 3 heterocycles. The number of amides is 1. The third kappa shape index (κ3) is 3.58. The summed E-state index contributed by atoms with van der Waals surface area (Å²) in [6.07, 6.45) is 7.87. The summed E-state index contributed by atoms with van der Waals surface area (Å²) in [6.45, 7) is 5.41. The highest BCUT2D eigenvalue weighted by atomic mass is 16.2. The Morgan fingerprint density at radius 2 is 2.17 bits per heavy atom. The molecule has 0 saturated carbocycles. The zero-order chi connectivity index (χ0) is 17.1. The Kier molecular flexibility index (Phi) is 4.83. The van der Waals surface area contributed by atoms with Gasteiger partial charge in [-0.25, -0.2) is 4.98 Å². The number of pyridine rings is 1. The number of hydrogen-bond donors (Lipinski definition) is 1. The number of aromatic amines is 1. The maximum atomic E-state index is 12.9. The maximum Gasteiger partial charge on any atom is 0.254 e. The lowest BCUT2D eigenvalue weighted by Crippen LogP contribution is -2.44. The van der Waals surface area contributed by atoms with Crippen LogP contribution in [0.3, 0.4) is 0 Å². The zero-order valence-electron chi connectivity index (χ0n) is 14.3. The van der Waals surface area contributed by atoms with Crippen LogP contribution in [-0.2, 0) is 6.54 Å². The summed E-state index contributed by atoms with van der Waals surface area (Å²) in [6, 6.07) is 3.38. The number of imidazole rings is 1. The third-order valence-electron chi connectivity index (χ3n) is 4.74. The number of nitrogens with zero attached hydrogens (tertiary/aromatic N) is 3. The summed E-state index contributed by atoms with van der Waals surface area (Å²) in [4.78, 5) is 33.4. The summed E-state index contributed by atoms with van der Waals surface area (Å²) < 4.78 is 2.12. The normalized spacial score (nSPS) is 17.9. The molecule has 2 aromatic rings. The molecule has 0 radical (unpaired) electrons. The van der Waals surface area contributed by atoms with E-state index >= 15 is 0 Å². The van der Waals surface area contributed by atoms with E-state index < -0.39 is 0 Å². The van der Waals surface area contributed by atoms with Crippen molar-refractivity contribution in [2.24, 2.45) is 0 Å². The van der Waals surface area contributed by atoms with Gasteiger partial charge in [-0.05, 0) is 45.6 Å². The predicted octanol–water partition coefficient (Wildman–Crippen LogP) is 2.27. The summed E-state index contributed by atoms with van der Waals surface area (Å²) >= 11 is 0. The lowest BCUT2D eigenvalue weighted by molar-refractivity contribution is 0.0595. The smallest absolute Gasteiger partial charge is 0.254 e. The summed E-state index contributed by atoms with van der Waals surface area (Å²) in [5, 5.41) is 0. The molecule has 1 fully saturated rings. The highest BCUT2D eigenvalue weighted by Gasteiger charge is 2.27. The number of piperidine rings is 1. The van der Waals surface area contributed by atoms with Gasteiger partial charge in [0.2, 0.25) is 5.56 Å².